The monoisotopic (exact) mass is 765 g/mol. The Hall–Kier alpha value is -5.14. The molecule has 55 heavy (non-hydrogen) atoms. The number of hydrogen-bond acceptors (Lipinski definition) is 9. The molecule has 1 heterocycles. The van der Waals surface area contributed by atoms with Crippen molar-refractivity contribution in [3.8, 4) is 0 Å². The lowest BCUT2D eigenvalue weighted by atomic mass is 10.0. The molecule has 0 saturated carbocycles. The summed E-state index contributed by atoms with van der Waals surface area (Å²) in [4.78, 5) is 80.6. The average molecular weight is 766 g/mol. The van der Waals surface area contributed by atoms with Crippen LogP contribution in [0.5, 0.6) is 0 Å². The number of esters is 1. The Balaban J connectivity index is 1.72. The Kier molecular flexibility index (Phi) is 16.5. The Morgan fingerprint density at radius 3 is 2.05 bits per heavy atom. The van der Waals surface area contributed by atoms with Crippen molar-refractivity contribution in [2.75, 3.05) is 43.5 Å². The topological polar surface area (TPSA) is 173 Å². The van der Waals surface area contributed by atoms with Crippen LogP contribution in [0.3, 0.4) is 0 Å². The van der Waals surface area contributed by atoms with Crippen molar-refractivity contribution >= 4 is 47.3 Å². The maximum atomic E-state index is 14.4. The van der Waals surface area contributed by atoms with Gasteiger partial charge in [0.15, 0.2) is 0 Å². The molecule has 1 aliphatic rings. The fourth-order valence-electron chi connectivity index (χ4n) is 5.98. The summed E-state index contributed by atoms with van der Waals surface area (Å²) < 4.78 is 15.6. The molecule has 0 radical (unpaired) electrons. The highest BCUT2D eigenvalue weighted by molar-refractivity contribution is 6.11. The van der Waals surface area contributed by atoms with Crippen LogP contribution in [-0.2, 0) is 35.0 Å². The second-order valence-corrected chi connectivity index (χ2v) is 15.5. The summed E-state index contributed by atoms with van der Waals surface area (Å²) in [6.07, 6.45) is 3.61. The van der Waals surface area contributed by atoms with E-state index in [1.165, 1.54) is 9.80 Å². The highest BCUT2D eigenvalue weighted by Gasteiger charge is 2.39. The summed E-state index contributed by atoms with van der Waals surface area (Å²) >= 11 is 0. The van der Waals surface area contributed by atoms with Gasteiger partial charge in [0.2, 0.25) is 5.91 Å². The summed E-state index contributed by atoms with van der Waals surface area (Å²) in [5.74, 6) is -1.55. The summed E-state index contributed by atoms with van der Waals surface area (Å²) in [6, 6.07) is 11.2. The van der Waals surface area contributed by atoms with Crippen LogP contribution in [0.15, 0.2) is 42.5 Å². The molecule has 14 nitrogen and oxygen atoms in total. The van der Waals surface area contributed by atoms with E-state index >= 15 is 0 Å². The number of carbonyl (C=O) groups excluding carboxylic acids is 6. The number of nitrogens with zero attached hydrogens (tertiary/aromatic N) is 2. The minimum Gasteiger partial charge on any atom is -0.466 e. The largest absolute Gasteiger partial charge is 0.466 e. The quantitative estimate of drug-likeness (QED) is 0.0904. The number of alkyl carbamates (subject to hydrolysis) is 2. The third-order valence-electron chi connectivity index (χ3n) is 8.45. The van der Waals surface area contributed by atoms with Gasteiger partial charge in [-0.05, 0) is 110 Å². The van der Waals surface area contributed by atoms with E-state index in [-0.39, 0.29) is 44.4 Å². The van der Waals surface area contributed by atoms with Gasteiger partial charge < -0.3 is 40.0 Å². The molecule has 5 amide bonds. The van der Waals surface area contributed by atoms with E-state index in [9.17, 15) is 28.8 Å². The Morgan fingerprint density at radius 2 is 1.42 bits per heavy atom. The zero-order valence-electron chi connectivity index (χ0n) is 33.7. The van der Waals surface area contributed by atoms with Crippen LogP contribution in [0.25, 0.3) is 0 Å². The summed E-state index contributed by atoms with van der Waals surface area (Å²) in [6.45, 7) is 13.4. The highest BCUT2D eigenvalue weighted by Crippen LogP contribution is 2.35. The maximum absolute atomic E-state index is 14.4. The van der Waals surface area contributed by atoms with Gasteiger partial charge in [0, 0.05) is 38.8 Å². The lowest BCUT2D eigenvalue weighted by molar-refractivity contribution is -0.143. The summed E-state index contributed by atoms with van der Waals surface area (Å²) in [5.41, 5.74) is 1.47. The van der Waals surface area contributed by atoms with Crippen molar-refractivity contribution in [3.63, 3.8) is 0 Å². The van der Waals surface area contributed by atoms with Crippen LogP contribution in [0.2, 0.25) is 0 Å². The average Bonchev–Trinajstić information content (AvgIpc) is 3.16. The number of aryl methyl sites for hydroxylation is 1. The molecule has 0 fully saturated rings. The standard InChI is InChI=1S/C41H59N5O9/c1-9-53-34(48)22-25-46-35(29-17-14-18-30(27-29)44-33(47)19-15-24-43-39(52)55-41(5,6)7)37(50)45(8)32-21-20-28(26-31(32)36(46)49)16-12-10-11-13-23-42-38(51)54-40(2,3)4/h14,17-18,20-21,26-27,35H,9-13,15-16,19,22-25H2,1-8H3,(H,42,51)(H,43,52)(H,44,47). The molecule has 0 aliphatic carbocycles. The molecule has 0 spiro atoms. The Labute approximate surface area is 325 Å². The van der Waals surface area contributed by atoms with Gasteiger partial charge in [0.1, 0.15) is 17.2 Å². The number of unbranched alkanes of at least 4 members (excludes halogenated alkanes) is 3. The van der Waals surface area contributed by atoms with Crippen molar-refractivity contribution in [1.29, 1.82) is 0 Å². The van der Waals surface area contributed by atoms with Crippen LogP contribution in [0.1, 0.15) is 121 Å². The van der Waals surface area contributed by atoms with Gasteiger partial charge in [-0.1, -0.05) is 31.0 Å². The van der Waals surface area contributed by atoms with Crippen LogP contribution >= 0.6 is 0 Å². The number of carbonyl (C=O) groups is 6. The number of fused-ring (bicyclic) bond motifs is 1. The van der Waals surface area contributed by atoms with E-state index in [1.54, 1.807) is 65.1 Å². The van der Waals surface area contributed by atoms with E-state index < -0.39 is 41.3 Å². The second-order valence-electron chi connectivity index (χ2n) is 15.5. The van der Waals surface area contributed by atoms with Crippen LogP contribution in [0, 0.1) is 0 Å². The van der Waals surface area contributed by atoms with E-state index in [2.05, 4.69) is 16.0 Å². The lowest BCUT2D eigenvalue weighted by Crippen LogP contribution is -2.42. The molecule has 2 aromatic carbocycles. The second kappa shape index (κ2) is 20.5. The molecule has 14 heteroatoms. The van der Waals surface area contributed by atoms with Crippen LogP contribution in [-0.4, -0.2) is 85.3 Å². The first-order chi connectivity index (χ1) is 25.9. The molecule has 3 N–H and O–H groups in total. The molecule has 0 aromatic heterocycles. The number of nitrogens with one attached hydrogen (secondary N) is 3. The highest BCUT2D eigenvalue weighted by atomic mass is 16.6. The fourth-order valence-corrected chi connectivity index (χ4v) is 5.98. The van der Waals surface area contributed by atoms with Crippen molar-refractivity contribution in [3.05, 3.63) is 59.2 Å². The Morgan fingerprint density at radius 1 is 0.782 bits per heavy atom. The van der Waals surface area contributed by atoms with Gasteiger partial charge >= 0.3 is 18.2 Å². The molecule has 0 saturated heterocycles. The van der Waals surface area contributed by atoms with Crippen molar-refractivity contribution < 1.29 is 43.0 Å². The zero-order valence-corrected chi connectivity index (χ0v) is 33.7. The predicted molar refractivity (Wildman–Crippen MR) is 210 cm³/mol. The SMILES string of the molecule is CCOC(=O)CCN1C(=O)c2cc(CCCCCCNC(=O)OC(C)(C)C)ccc2N(C)C(=O)C1c1cccc(NC(=O)CCCNC(=O)OC(C)(C)C)c1. The summed E-state index contributed by atoms with van der Waals surface area (Å²) in [5, 5.41) is 8.25. The molecule has 3 rings (SSSR count). The first kappa shape index (κ1) is 44.3. The molecule has 302 valence electrons. The van der Waals surface area contributed by atoms with Crippen molar-refractivity contribution in [1.82, 2.24) is 15.5 Å². The van der Waals surface area contributed by atoms with Crippen LogP contribution in [0.4, 0.5) is 21.0 Å². The van der Waals surface area contributed by atoms with Gasteiger partial charge in [-0.15, -0.1) is 0 Å². The number of benzene rings is 2. The van der Waals surface area contributed by atoms with Gasteiger partial charge in [0.05, 0.1) is 24.3 Å². The molecule has 2 aromatic rings. The summed E-state index contributed by atoms with van der Waals surface area (Å²) in [7, 11) is 1.62. The molecule has 1 atom stereocenters. The zero-order chi connectivity index (χ0) is 40.8. The third kappa shape index (κ3) is 14.9. The minimum atomic E-state index is -1.09. The molecule has 0 bridgehead atoms. The molecular weight excluding hydrogens is 706 g/mol. The smallest absolute Gasteiger partial charge is 0.407 e. The van der Waals surface area contributed by atoms with E-state index in [4.69, 9.17) is 14.2 Å². The van der Waals surface area contributed by atoms with Crippen molar-refractivity contribution in [2.24, 2.45) is 0 Å². The van der Waals surface area contributed by atoms with E-state index in [0.717, 1.165) is 31.2 Å². The molecule has 1 unspecified atom stereocenters. The molecule has 1 aliphatic heterocycles. The normalized spacial score (nSPS) is 14.4. The van der Waals surface area contributed by atoms with Gasteiger partial charge in [-0.3, -0.25) is 19.2 Å². The number of anilines is 2. The van der Waals surface area contributed by atoms with Gasteiger partial charge in [-0.25, -0.2) is 9.59 Å². The fraction of sp³-hybridized carbons (Fsp3) is 0.561. The first-order valence-corrected chi connectivity index (χ1v) is 19.1. The number of rotatable bonds is 17. The molecular formula is C41H59N5O9. The van der Waals surface area contributed by atoms with Gasteiger partial charge in [-0.2, -0.15) is 0 Å². The van der Waals surface area contributed by atoms with E-state index in [0.29, 0.717) is 41.9 Å². The first-order valence-electron chi connectivity index (χ1n) is 19.1. The van der Waals surface area contributed by atoms with Crippen molar-refractivity contribution in [2.45, 2.75) is 117 Å². The number of hydrogen-bond donors (Lipinski definition) is 3. The van der Waals surface area contributed by atoms with Crippen LogP contribution < -0.4 is 20.9 Å². The van der Waals surface area contributed by atoms with Gasteiger partial charge in [0.25, 0.3) is 11.8 Å². The maximum Gasteiger partial charge on any atom is 0.407 e. The lowest BCUT2D eigenvalue weighted by Gasteiger charge is -2.30. The Bertz CT molecular complexity index is 1660. The minimum absolute atomic E-state index is 0.0653. The third-order valence-corrected chi connectivity index (χ3v) is 8.45. The number of likely N-dealkylation sites (N-methyl/N-ethyl adjacent to an activating group) is 1. The number of ether oxygens (including phenoxy) is 3. The predicted octanol–water partition coefficient (Wildman–Crippen LogP) is 6.67. The van der Waals surface area contributed by atoms with E-state index in [1.807, 2.05) is 32.9 Å². The number of amides is 5.